The summed E-state index contributed by atoms with van der Waals surface area (Å²) in [5.41, 5.74) is 5.98. The predicted octanol–water partition coefficient (Wildman–Crippen LogP) is 0.215. The standard InChI is InChI=1S/C18H19FN4O3/c1-23(11-15(24)21-14-9-5-8-13(19)10-14)16(17(25)22-18(20)26)12-6-3-2-4-7-12/h2-10,16H,11H2,1H3,(H,21,24)(H3,20,22,25,26)/p+1/t16-/m0/s1. The molecule has 8 heteroatoms. The maximum absolute atomic E-state index is 13.2. The van der Waals surface area contributed by atoms with Crippen LogP contribution in [0.15, 0.2) is 54.6 Å². The Hall–Kier alpha value is -3.26. The lowest BCUT2D eigenvalue weighted by Crippen LogP contribution is -3.11. The van der Waals surface area contributed by atoms with Crippen molar-refractivity contribution in [1.29, 1.82) is 0 Å². The lowest BCUT2D eigenvalue weighted by molar-refractivity contribution is -0.894. The van der Waals surface area contributed by atoms with Crippen LogP contribution in [0, 0.1) is 5.82 Å². The molecule has 4 amide bonds. The van der Waals surface area contributed by atoms with Crippen LogP contribution in [-0.2, 0) is 9.59 Å². The number of imide groups is 1. The molecule has 0 aliphatic carbocycles. The van der Waals surface area contributed by atoms with Crippen LogP contribution >= 0.6 is 0 Å². The molecule has 0 saturated heterocycles. The number of halogens is 1. The maximum atomic E-state index is 13.2. The summed E-state index contributed by atoms with van der Waals surface area (Å²) in [5, 5.41) is 4.63. The Balaban J connectivity index is 2.12. The van der Waals surface area contributed by atoms with E-state index in [0.717, 1.165) is 0 Å². The van der Waals surface area contributed by atoms with Crippen molar-refractivity contribution in [2.75, 3.05) is 18.9 Å². The van der Waals surface area contributed by atoms with Crippen molar-refractivity contribution < 1.29 is 23.7 Å². The highest BCUT2D eigenvalue weighted by molar-refractivity contribution is 5.96. The van der Waals surface area contributed by atoms with Gasteiger partial charge in [0.25, 0.3) is 11.8 Å². The average molecular weight is 359 g/mol. The third kappa shape index (κ3) is 5.38. The van der Waals surface area contributed by atoms with E-state index in [0.29, 0.717) is 16.2 Å². The lowest BCUT2D eigenvalue weighted by atomic mass is 10.0. The van der Waals surface area contributed by atoms with Gasteiger partial charge in [-0.1, -0.05) is 36.4 Å². The molecule has 0 bridgehead atoms. The number of benzene rings is 2. The third-order valence-corrected chi connectivity index (χ3v) is 3.68. The maximum Gasteiger partial charge on any atom is 0.319 e. The summed E-state index contributed by atoms with van der Waals surface area (Å²) in [5.74, 6) is -1.48. The van der Waals surface area contributed by atoms with Crippen LogP contribution in [0.2, 0.25) is 0 Å². The molecule has 2 atom stereocenters. The van der Waals surface area contributed by atoms with Crippen LogP contribution in [-0.4, -0.2) is 31.4 Å². The monoisotopic (exact) mass is 359 g/mol. The Morgan fingerprint density at radius 1 is 1.12 bits per heavy atom. The molecule has 0 spiro atoms. The van der Waals surface area contributed by atoms with E-state index in [-0.39, 0.29) is 6.54 Å². The molecule has 0 fully saturated rings. The Labute approximate surface area is 150 Å². The van der Waals surface area contributed by atoms with Crippen molar-refractivity contribution in [3.8, 4) is 0 Å². The van der Waals surface area contributed by atoms with Crippen molar-refractivity contribution in [3.63, 3.8) is 0 Å². The highest BCUT2D eigenvalue weighted by atomic mass is 19.1. The molecule has 5 N–H and O–H groups in total. The first-order valence-electron chi connectivity index (χ1n) is 7.90. The van der Waals surface area contributed by atoms with E-state index in [1.54, 1.807) is 43.4 Å². The van der Waals surface area contributed by atoms with Crippen LogP contribution in [0.3, 0.4) is 0 Å². The fourth-order valence-corrected chi connectivity index (χ4v) is 2.63. The molecule has 0 aliphatic heterocycles. The summed E-state index contributed by atoms with van der Waals surface area (Å²) in [6.45, 7) is -0.0811. The summed E-state index contributed by atoms with van der Waals surface area (Å²) in [6, 6.07) is 12.5. The molecule has 0 heterocycles. The number of rotatable bonds is 6. The fourth-order valence-electron chi connectivity index (χ4n) is 2.63. The van der Waals surface area contributed by atoms with Gasteiger partial charge in [-0.15, -0.1) is 0 Å². The number of likely N-dealkylation sites (N-methyl/N-ethyl adjacent to an activating group) is 1. The second kappa shape index (κ2) is 8.72. The van der Waals surface area contributed by atoms with Crippen molar-refractivity contribution in [3.05, 3.63) is 66.0 Å². The van der Waals surface area contributed by atoms with Gasteiger partial charge < -0.3 is 16.0 Å². The Kier molecular flexibility index (Phi) is 6.40. The minimum atomic E-state index is -0.965. The van der Waals surface area contributed by atoms with Crippen LogP contribution < -0.4 is 21.3 Å². The van der Waals surface area contributed by atoms with Gasteiger partial charge in [0.15, 0.2) is 12.6 Å². The van der Waals surface area contributed by atoms with Crippen LogP contribution in [0.4, 0.5) is 14.9 Å². The van der Waals surface area contributed by atoms with Gasteiger partial charge in [0.1, 0.15) is 5.82 Å². The quantitative estimate of drug-likeness (QED) is 0.593. The number of primary amides is 1. The van der Waals surface area contributed by atoms with Gasteiger partial charge in [-0.05, 0) is 18.2 Å². The van der Waals surface area contributed by atoms with E-state index < -0.39 is 29.7 Å². The van der Waals surface area contributed by atoms with Gasteiger partial charge in [0.2, 0.25) is 0 Å². The molecule has 1 unspecified atom stereocenters. The van der Waals surface area contributed by atoms with E-state index in [1.165, 1.54) is 18.2 Å². The molecule has 2 rings (SSSR count). The molecular weight excluding hydrogens is 339 g/mol. The molecule has 2 aromatic carbocycles. The Morgan fingerprint density at radius 2 is 1.81 bits per heavy atom. The highest BCUT2D eigenvalue weighted by Crippen LogP contribution is 2.10. The average Bonchev–Trinajstić information content (AvgIpc) is 2.55. The fraction of sp³-hybridized carbons (Fsp3) is 0.167. The summed E-state index contributed by atoms with van der Waals surface area (Å²) < 4.78 is 13.2. The summed E-state index contributed by atoms with van der Waals surface area (Å²) in [6.07, 6.45) is 0. The van der Waals surface area contributed by atoms with Gasteiger partial charge in [0, 0.05) is 11.3 Å². The van der Waals surface area contributed by atoms with Gasteiger partial charge >= 0.3 is 6.03 Å². The minimum Gasteiger partial charge on any atom is -0.351 e. The smallest absolute Gasteiger partial charge is 0.319 e. The van der Waals surface area contributed by atoms with Crippen molar-refractivity contribution in [1.82, 2.24) is 5.32 Å². The van der Waals surface area contributed by atoms with E-state index in [2.05, 4.69) is 10.6 Å². The van der Waals surface area contributed by atoms with Gasteiger partial charge in [-0.3, -0.25) is 14.9 Å². The number of anilines is 1. The second-order valence-corrected chi connectivity index (χ2v) is 5.78. The summed E-state index contributed by atoms with van der Waals surface area (Å²) in [7, 11) is 1.64. The number of carbonyl (C=O) groups excluding carboxylic acids is 3. The third-order valence-electron chi connectivity index (χ3n) is 3.68. The molecular formula is C18H20FN4O3+. The van der Waals surface area contributed by atoms with Gasteiger partial charge in [0.05, 0.1) is 7.05 Å². The number of urea groups is 1. The number of carbonyl (C=O) groups is 3. The number of quaternary nitrogens is 1. The number of nitrogens with one attached hydrogen (secondary N) is 3. The van der Waals surface area contributed by atoms with E-state index in [9.17, 15) is 18.8 Å². The van der Waals surface area contributed by atoms with Crippen molar-refractivity contribution in [2.24, 2.45) is 5.73 Å². The number of hydrogen-bond donors (Lipinski definition) is 4. The van der Waals surface area contributed by atoms with Gasteiger partial charge in [-0.25, -0.2) is 9.18 Å². The van der Waals surface area contributed by atoms with Crippen LogP contribution in [0.25, 0.3) is 0 Å². The SMILES string of the molecule is C[NH+](CC(=O)Nc1cccc(F)c1)[C@H](C(=O)NC(N)=O)c1ccccc1. The zero-order valence-corrected chi connectivity index (χ0v) is 14.2. The molecule has 7 nitrogen and oxygen atoms in total. The number of amides is 4. The van der Waals surface area contributed by atoms with Crippen molar-refractivity contribution >= 4 is 23.5 Å². The van der Waals surface area contributed by atoms with Crippen LogP contribution in [0.1, 0.15) is 11.6 Å². The highest BCUT2D eigenvalue weighted by Gasteiger charge is 2.31. The minimum absolute atomic E-state index is 0.0811. The Morgan fingerprint density at radius 3 is 2.42 bits per heavy atom. The summed E-state index contributed by atoms with van der Waals surface area (Å²) >= 11 is 0. The predicted molar refractivity (Wildman–Crippen MR) is 93.7 cm³/mol. The zero-order chi connectivity index (χ0) is 19.1. The van der Waals surface area contributed by atoms with E-state index >= 15 is 0 Å². The van der Waals surface area contributed by atoms with Crippen molar-refractivity contribution in [2.45, 2.75) is 6.04 Å². The molecule has 136 valence electrons. The second-order valence-electron chi connectivity index (χ2n) is 5.78. The molecule has 0 saturated carbocycles. The zero-order valence-electron chi connectivity index (χ0n) is 14.2. The normalized spacial score (nSPS) is 12.7. The summed E-state index contributed by atoms with van der Waals surface area (Å²) in [4.78, 5) is 36.2. The largest absolute Gasteiger partial charge is 0.351 e. The van der Waals surface area contributed by atoms with Crippen LogP contribution in [0.5, 0.6) is 0 Å². The Bertz CT molecular complexity index is 798. The van der Waals surface area contributed by atoms with E-state index in [1.807, 2.05) is 0 Å². The molecule has 0 radical (unpaired) electrons. The molecule has 0 aliphatic rings. The first kappa shape index (κ1) is 19.1. The number of hydrogen-bond acceptors (Lipinski definition) is 3. The molecule has 26 heavy (non-hydrogen) atoms. The topological polar surface area (TPSA) is 106 Å². The number of nitrogens with two attached hydrogens (primary N) is 1. The first-order chi connectivity index (χ1) is 12.4. The van der Waals surface area contributed by atoms with E-state index in [4.69, 9.17) is 5.73 Å². The molecule has 2 aromatic rings. The molecule has 0 aromatic heterocycles. The first-order valence-corrected chi connectivity index (χ1v) is 7.90. The lowest BCUT2D eigenvalue weighted by Gasteiger charge is -2.23. The van der Waals surface area contributed by atoms with Gasteiger partial charge in [-0.2, -0.15) is 0 Å².